The molecule has 1 aromatic rings. The van der Waals surface area contributed by atoms with E-state index in [1.165, 1.54) is 17.7 Å². The molecule has 1 aromatic carbocycles. The molecule has 0 aliphatic carbocycles. The lowest BCUT2D eigenvalue weighted by atomic mass is 10.2. The van der Waals surface area contributed by atoms with E-state index in [4.69, 9.17) is 11.6 Å². The van der Waals surface area contributed by atoms with Crippen molar-refractivity contribution in [2.45, 2.75) is 11.8 Å². The van der Waals surface area contributed by atoms with Gasteiger partial charge in [-0.05, 0) is 30.3 Å². The summed E-state index contributed by atoms with van der Waals surface area (Å²) in [5, 5.41) is 4.72. The van der Waals surface area contributed by atoms with Crippen molar-refractivity contribution in [3.05, 3.63) is 34.9 Å². The Labute approximate surface area is 87.9 Å². The third-order valence-electron chi connectivity index (χ3n) is 2.12. The first-order chi connectivity index (χ1) is 6.38. The van der Waals surface area contributed by atoms with Crippen molar-refractivity contribution >= 4 is 23.4 Å². The highest BCUT2D eigenvalue weighted by molar-refractivity contribution is 7.99. The van der Waals surface area contributed by atoms with E-state index in [0.717, 1.165) is 11.6 Å². The van der Waals surface area contributed by atoms with Gasteiger partial charge < -0.3 is 5.32 Å². The Hall–Kier alpha value is -0.180. The van der Waals surface area contributed by atoms with Crippen LogP contribution in [0.2, 0.25) is 5.02 Å². The number of nitrogens with one attached hydrogen (secondary N) is 1. The number of hydrogen-bond acceptors (Lipinski definition) is 2. The Morgan fingerprint density at radius 2 is 2.23 bits per heavy atom. The predicted molar refractivity (Wildman–Crippen MR) is 59.3 cm³/mol. The second-order valence-electron chi connectivity index (χ2n) is 3.08. The molecule has 1 aliphatic rings. The summed E-state index contributed by atoms with van der Waals surface area (Å²) in [4.78, 5) is 0. The minimum atomic E-state index is 0.391. The van der Waals surface area contributed by atoms with Gasteiger partial charge in [-0.1, -0.05) is 29.8 Å². The van der Waals surface area contributed by atoms with Crippen LogP contribution < -0.4 is 5.32 Å². The lowest BCUT2D eigenvalue weighted by Gasteiger charge is -2.23. The van der Waals surface area contributed by atoms with Gasteiger partial charge in [0.25, 0.3) is 0 Å². The van der Waals surface area contributed by atoms with Gasteiger partial charge in [-0.2, -0.15) is 0 Å². The molecule has 70 valence electrons. The van der Waals surface area contributed by atoms with Gasteiger partial charge in [-0.25, -0.2) is 0 Å². The Morgan fingerprint density at radius 3 is 2.92 bits per heavy atom. The van der Waals surface area contributed by atoms with Crippen LogP contribution in [0.1, 0.15) is 17.4 Å². The molecule has 3 heteroatoms. The lowest BCUT2D eigenvalue weighted by Crippen LogP contribution is -2.25. The van der Waals surface area contributed by atoms with Crippen molar-refractivity contribution in [1.29, 1.82) is 0 Å². The van der Waals surface area contributed by atoms with Gasteiger partial charge in [0.1, 0.15) is 0 Å². The number of thioether (sulfide) groups is 1. The third-order valence-corrected chi connectivity index (χ3v) is 3.75. The molecule has 1 unspecified atom stereocenters. The van der Waals surface area contributed by atoms with Crippen LogP contribution in [0.15, 0.2) is 24.3 Å². The lowest BCUT2D eigenvalue weighted by molar-refractivity contribution is 0.643. The quantitative estimate of drug-likeness (QED) is 0.770. The average Bonchev–Trinajstić information content (AvgIpc) is 2.20. The predicted octanol–water partition coefficient (Wildman–Crippen LogP) is 3.07. The molecule has 1 atom stereocenters. The molecular weight excluding hydrogens is 202 g/mol. The van der Waals surface area contributed by atoms with Gasteiger partial charge in [0, 0.05) is 5.02 Å². The Kier molecular flexibility index (Phi) is 3.14. The van der Waals surface area contributed by atoms with Crippen LogP contribution in [-0.4, -0.2) is 12.3 Å². The van der Waals surface area contributed by atoms with Crippen molar-refractivity contribution in [3.8, 4) is 0 Å². The van der Waals surface area contributed by atoms with Crippen LogP contribution in [0.25, 0.3) is 0 Å². The number of rotatable bonds is 1. The number of benzene rings is 1. The highest BCUT2D eigenvalue weighted by Crippen LogP contribution is 2.33. The monoisotopic (exact) mass is 213 g/mol. The van der Waals surface area contributed by atoms with E-state index < -0.39 is 0 Å². The molecule has 1 heterocycles. The number of halogens is 1. The third kappa shape index (κ3) is 2.19. The highest BCUT2D eigenvalue weighted by Gasteiger charge is 2.16. The van der Waals surface area contributed by atoms with Crippen LogP contribution in [0, 0.1) is 0 Å². The fourth-order valence-electron chi connectivity index (χ4n) is 1.45. The zero-order chi connectivity index (χ0) is 9.10. The normalized spacial score (nSPS) is 23.0. The van der Waals surface area contributed by atoms with Crippen LogP contribution in [0.5, 0.6) is 0 Å². The minimum absolute atomic E-state index is 0.391. The summed E-state index contributed by atoms with van der Waals surface area (Å²) in [5.74, 6) is 1.23. The maximum Gasteiger partial charge on any atom is 0.0803 e. The van der Waals surface area contributed by atoms with E-state index >= 15 is 0 Å². The summed E-state index contributed by atoms with van der Waals surface area (Å²) in [7, 11) is 0. The van der Waals surface area contributed by atoms with E-state index in [0.29, 0.717) is 5.37 Å². The molecule has 1 saturated heterocycles. The first kappa shape index (κ1) is 9.38. The second kappa shape index (κ2) is 4.36. The smallest absolute Gasteiger partial charge is 0.0803 e. The molecule has 0 aromatic heterocycles. The highest BCUT2D eigenvalue weighted by atomic mass is 35.5. The molecule has 0 saturated carbocycles. The molecule has 1 fully saturated rings. The zero-order valence-corrected chi connectivity index (χ0v) is 8.87. The van der Waals surface area contributed by atoms with E-state index in [1.807, 2.05) is 30.0 Å². The summed E-state index contributed by atoms with van der Waals surface area (Å²) in [5.41, 5.74) is 1.22. The van der Waals surface area contributed by atoms with Gasteiger partial charge in [0.2, 0.25) is 0 Å². The Bertz CT molecular complexity index is 284. The first-order valence-electron chi connectivity index (χ1n) is 4.47. The summed E-state index contributed by atoms with van der Waals surface area (Å²) < 4.78 is 0. The van der Waals surface area contributed by atoms with E-state index in [-0.39, 0.29) is 0 Å². The summed E-state index contributed by atoms with van der Waals surface area (Å²) in [6.45, 7) is 1.10. The summed E-state index contributed by atoms with van der Waals surface area (Å²) >= 11 is 8.04. The largest absolute Gasteiger partial charge is 0.302 e. The van der Waals surface area contributed by atoms with E-state index in [1.54, 1.807) is 0 Å². The molecule has 1 N–H and O–H groups in total. The topological polar surface area (TPSA) is 12.0 Å². The molecule has 2 rings (SSSR count). The SMILES string of the molecule is Clc1ccccc1C1NCCCS1. The van der Waals surface area contributed by atoms with Crippen molar-refractivity contribution < 1.29 is 0 Å². The van der Waals surface area contributed by atoms with Crippen molar-refractivity contribution in [3.63, 3.8) is 0 Å². The van der Waals surface area contributed by atoms with Gasteiger partial charge in [0.15, 0.2) is 0 Å². The molecule has 1 nitrogen and oxygen atoms in total. The average molecular weight is 214 g/mol. The second-order valence-corrected chi connectivity index (χ2v) is 4.70. The molecule has 1 aliphatic heterocycles. The van der Waals surface area contributed by atoms with E-state index in [9.17, 15) is 0 Å². The fraction of sp³-hybridized carbons (Fsp3) is 0.400. The van der Waals surface area contributed by atoms with Gasteiger partial charge in [-0.15, -0.1) is 11.8 Å². The van der Waals surface area contributed by atoms with Crippen LogP contribution in [-0.2, 0) is 0 Å². The first-order valence-corrected chi connectivity index (χ1v) is 5.90. The summed E-state index contributed by atoms with van der Waals surface area (Å²) in [6, 6.07) is 8.06. The van der Waals surface area contributed by atoms with Crippen LogP contribution in [0.3, 0.4) is 0 Å². The zero-order valence-electron chi connectivity index (χ0n) is 7.29. The van der Waals surface area contributed by atoms with Gasteiger partial charge in [-0.3, -0.25) is 0 Å². The minimum Gasteiger partial charge on any atom is -0.302 e. The van der Waals surface area contributed by atoms with Crippen LogP contribution >= 0.6 is 23.4 Å². The molecule has 13 heavy (non-hydrogen) atoms. The van der Waals surface area contributed by atoms with Crippen molar-refractivity contribution in [1.82, 2.24) is 5.32 Å². The Balaban J connectivity index is 2.18. The molecule has 0 radical (unpaired) electrons. The maximum absolute atomic E-state index is 6.10. The van der Waals surface area contributed by atoms with E-state index in [2.05, 4.69) is 11.4 Å². The van der Waals surface area contributed by atoms with Crippen molar-refractivity contribution in [2.75, 3.05) is 12.3 Å². The molecule has 0 spiro atoms. The molecular formula is C10H12ClNS. The number of hydrogen-bond donors (Lipinski definition) is 1. The maximum atomic E-state index is 6.10. The van der Waals surface area contributed by atoms with Crippen LogP contribution in [0.4, 0.5) is 0 Å². The molecule has 0 amide bonds. The summed E-state index contributed by atoms with van der Waals surface area (Å²) in [6.07, 6.45) is 1.26. The van der Waals surface area contributed by atoms with Gasteiger partial charge in [0.05, 0.1) is 5.37 Å². The standard InChI is InChI=1S/C10H12ClNS/c11-9-5-2-1-4-8(9)10-12-6-3-7-13-10/h1-2,4-5,10,12H,3,6-7H2. The molecule has 0 bridgehead atoms. The Morgan fingerprint density at radius 1 is 1.38 bits per heavy atom. The van der Waals surface area contributed by atoms with Gasteiger partial charge >= 0.3 is 0 Å². The van der Waals surface area contributed by atoms with Crippen molar-refractivity contribution in [2.24, 2.45) is 0 Å². The fourth-order valence-corrected chi connectivity index (χ4v) is 2.93.